The predicted octanol–water partition coefficient (Wildman–Crippen LogP) is 0.671. The molecule has 12 nitrogen and oxygen atoms in total. The second-order valence-electron chi connectivity index (χ2n) is 8.89. The summed E-state index contributed by atoms with van der Waals surface area (Å²) in [6.07, 6.45) is 2.25. The minimum Gasteiger partial charge on any atom is -0.444 e. The van der Waals surface area contributed by atoms with E-state index in [0.717, 1.165) is 0 Å². The molecule has 0 aromatic heterocycles. The van der Waals surface area contributed by atoms with E-state index in [1.165, 1.54) is 4.90 Å². The van der Waals surface area contributed by atoms with Gasteiger partial charge in [-0.1, -0.05) is 6.08 Å². The number of urea groups is 1. The van der Waals surface area contributed by atoms with Gasteiger partial charge in [0.1, 0.15) is 11.6 Å². The lowest BCUT2D eigenvalue weighted by Gasteiger charge is -2.35. The van der Waals surface area contributed by atoms with Gasteiger partial charge in [0.25, 0.3) is 0 Å². The van der Waals surface area contributed by atoms with Crippen LogP contribution in [-0.2, 0) is 24.2 Å². The molecule has 3 heterocycles. The lowest BCUT2D eigenvalue weighted by molar-refractivity contribution is -0.125. The lowest BCUT2D eigenvalue weighted by atomic mass is 9.98. The van der Waals surface area contributed by atoms with Crippen molar-refractivity contribution in [3.8, 4) is 0 Å². The second kappa shape index (κ2) is 8.28. The highest BCUT2D eigenvalue weighted by Gasteiger charge is 2.49. The van der Waals surface area contributed by atoms with Crippen molar-refractivity contribution < 1.29 is 36.4 Å². The monoisotopic (exact) mass is 460 g/mol. The van der Waals surface area contributed by atoms with Gasteiger partial charge >= 0.3 is 22.5 Å². The van der Waals surface area contributed by atoms with Crippen LogP contribution in [0, 0.1) is 0 Å². The first kappa shape index (κ1) is 23.3. The second-order valence-corrected chi connectivity index (χ2v) is 9.90. The first-order chi connectivity index (χ1) is 14.2. The molecular formula is C18H28N4O8S. The molecule has 13 heteroatoms. The van der Waals surface area contributed by atoms with Gasteiger partial charge in [-0.25, -0.2) is 9.59 Å². The smallest absolute Gasteiger partial charge is 0.418 e. The number of piperidine rings is 1. The Morgan fingerprint density at radius 3 is 2.39 bits per heavy atom. The van der Waals surface area contributed by atoms with E-state index in [-0.39, 0.29) is 12.6 Å². The van der Waals surface area contributed by atoms with Gasteiger partial charge in [0.2, 0.25) is 5.91 Å². The number of amides is 4. The van der Waals surface area contributed by atoms with E-state index in [1.54, 1.807) is 38.7 Å². The van der Waals surface area contributed by atoms with E-state index in [0.29, 0.717) is 36.6 Å². The fourth-order valence-electron chi connectivity index (χ4n) is 3.95. The van der Waals surface area contributed by atoms with Gasteiger partial charge in [0.15, 0.2) is 0 Å². The highest BCUT2D eigenvalue weighted by molar-refractivity contribution is 7.80. The number of ether oxygens (including phenoxy) is 1. The lowest BCUT2D eigenvalue weighted by Crippen LogP contribution is -2.54. The fourth-order valence-corrected chi connectivity index (χ4v) is 4.33. The molecule has 0 aromatic carbocycles. The Labute approximate surface area is 181 Å². The summed E-state index contributed by atoms with van der Waals surface area (Å²) in [6.45, 7) is 7.97. The van der Waals surface area contributed by atoms with E-state index in [9.17, 15) is 22.8 Å². The number of carbonyl (C=O) groups is 3. The fraction of sp³-hybridized carbons (Fsp3) is 0.722. The Balaban J connectivity index is 1.58. The number of hydroxylamine groups is 2. The van der Waals surface area contributed by atoms with Gasteiger partial charge in [-0.2, -0.15) is 13.5 Å². The highest BCUT2D eigenvalue weighted by atomic mass is 32.3. The molecule has 31 heavy (non-hydrogen) atoms. The maximum absolute atomic E-state index is 12.9. The van der Waals surface area contributed by atoms with Gasteiger partial charge in [0, 0.05) is 19.1 Å². The van der Waals surface area contributed by atoms with E-state index in [4.69, 9.17) is 9.29 Å². The van der Waals surface area contributed by atoms with E-state index < -0.39 is 46.1 Å². The normalized spacial score (nSPS) is 24.9. The maximum atomic E-state index is 12.9. The van der Waals surface area contributed by atoms with E-state index in [2.05, 4.69) is 9.60 Å². The third kappa shape index (κ3) is 5.46. The maximum Gasteiger partial charge on any atom is 0.418 e. The molecule has 0 spiro atoms. The summed E-state index contributed by atoms with van der Waals surface area (Å²) in [5, 5.41) is 3.46. The molecule has 4 amide bonds. The molecule has 0 aliphatic carbocycles. The molecule has 3 aliphatic rings. The van der Waals surface area contributed by atoms with Crippen LogP contribution in [0.15, 0.2) is 11.6 Å². The van der Waals surface area contributed by atoms with Crippen LogP contribution in [0.2, 0.25) is 0 Å². The number of nitrogens with zero attached hydrogens (tertiary/aromatic N) is 3. The third-order valence-electron chi connectivity index (χ3n) is 5.23. The van der Waals surface area contributed by atoms with Crippen molar-refractivity contribution >= 4 is 28.4 Å². The van der Waals surface area contributed by atoms with E-state index >= 15 is 0 Å². The Morgan fingerprint density at radius 2 is 1.84 bits per heavy atom. The van der Waals surface area contributed by atoms with Crippen LogP contribution in [-0.4, -0.2) is 89.2 Å². The number of hydrogen-bond donors (Lipinski definition) is 2. The summed E-state index contributed by atoms with van der Waals surface area (Å²) in [6, 6.07) is -2.65. The largest absolute Gasteiger partial charge is 0.444 e. The quantitative estimate of drug-likeness (QED) is 0.460. The van der Waals surface area contributed by atoms with Crippen molar-refractivity contribution in [1.29, 1.82) is 0 Å². The van der Waals surface area contributed by atoms with Crippen molar-refractivity contribution in [2.75, 3.05) is 19.6 Å². The summed E-state index contributed by atoms with van der Waals surface area (Å²) >= 11 is 0. The molecule has 0 unspecified atom stereocenters. The summed E-state index contributed by atoms with van der Waals surface area (Å²) in [5.41, 5.74) is -0.0187. The molecule has 3 rings (SSSR count). The van der Waals surface area contributed by atoms with Crippen LogP contribution in [0.1, 0.15) is 40.5 Å². The topological polar surface area (TPSA) is 146 Å². The van der Waals surface area contributed by atoms with Crippen molar-refractivity contribution in [3.63, 3.8) is 0 Å². The first-order valence-electron chi connectivity index (χ1n) is 9.98. The molecular weight excluding hydrogens is 432 g/mol. The van der Waals surface area contributed by atoms with Gasteiger partial charge in [-0.15, -0.1) is 4.28 Å². The van der Waals surface area contributed by atoms with Crippen LogP contribution in [0.25, 0.3) is 0 Å². The molecule has 2 atom stereocenters. The molecule has 0 radical (unpaired) electrons. The highest BCUT2D eigenvalue weighted by Crippen LogP contribution is 2.30. The Kier molecular flexibility index (Phi) is 6.22. The SMILES string of the molecule is CC1=C[C@@H]2CN(C(=O)N2OS(=O)(=O)O)[C@@H]1C(=O)NC1CCN(C(=O)OC(C)(C)C)CC1. The van der Waals surface area contributed by atoms with Crippen LogP contribution in [0.3, 0.4) is 0 Å². The average molecular weight is 461 g/mol. The zero-order valence-electron chi connectivity index (χ0n) is 17.9. The third-order valence-corrected chi connectivity index (χ3v) is 5.58. The minimum atomic E-state index is -4.87. The summed E-state index contributed by atoms with van der Waals surface area (Å²) < 4.78 is 40.7. The number of carbonyl (C=O) groups excluding carboxylic acids is 3. The van der Waals surface area contributed by atoms with Gasteiger partial charge in [-0.05, 0) is 46.1 Å². The minimum absolute atomic E-state index is 0.0564. The molecule has 2 fully saturated rings. The van der Waals surface area contributed by atoms with Gasteiger partial charge < -0.3 is 19.9 Å². The van der Waals surface area contributed by atoms with Crippen molar-refractivity contribution in [2.24, 2.45) is 0 Å². The molecule has 174 valence electrons. The number of nitrogens with one attached hydrogen (secondary N) is 1. The molecule has 2 N–H and O–H groups in total. The number of rotatable bonds is 4. The molecule has 2 bridgehead atoms. The molecule has 3 aliphatic heterocycles. The zero-order valence-corrected chi connectivity index (χ0v) is 18.7. The van der Waals surface area contributed by atoms with Crippen LogP contribution in [0.4, 0.5) is 9.59 Å². The Hall–Kier alpha value is -2.38. The summed E-state index contributed by atoms with van der Waals surface area (Å²) in [7, 11) is -4.87. The number of hydrogen-bond acceptors (Lipinski definition) is 7. The van der Waals surface area contributed by atoms with Crippen LogP contribution >= 0.6 is 0 Å². The molecule has 0 aromatic rings. The van der Waals surface area contributed by atoms with Crippen molar-refractivity contribution in [2.45, 2.75) is 64.3 Å². The zero-order chi connectivity index (χ0) is 23.1. The Bertz CT molecular complexity index is 889. The first-order valence-corrected chi connectivity index (χ1v) is 11.3. The van der Waals surface area contributed by atoms with Crippen molar-refractivity contribution in [3.05, 3.63) is 11.6 Å². The van der Waals surface area contributed by atoms with Gasteiger partial charge in [0.05, 0.1) is 12.6 Å². The predicted molar refractivity (Wildman–Crippen MR) is 107 cm³/mol. The van der Waals surface area contributed by atoms with Crippen molar-refractivity contribution in [1.82, 2.24) is 20.2 Å². The number of likely N-dealkylation sites (tertiary alicyclic amines) is 1. The van der Waals surface area contributed by atoms with Crippen LogP contribution < -0.4 is 5.32 Å². The summed E-state index contributed by atoms with van der Waals surface area (Å²) in [5.74, 6) is -0.398. The standard InChI is InChI=1S/C18H28N4O8S/c1-11-9-13-10-21(16(24)22(13)30-31(26,27)28)14(11)15(23)19-12-5-7-20(8-6-12)17(25)29-18(2,3)4/h9,12-14H,5-8,10H2,1-4H3,(H,19,23)(H,26,27,28)/t13-,14+/m1/s1. The van der Waals surface area contributed by atoms with Crippen LogP contribution in [0.5, 0.6) is 0 Å². The Morgan fingerprint density at radius 1 is 1.23 bits per heavy atom. The van der Waals surface area contributed by atoms with E-state index in [1.807, 2.05) is 0 Å². The van der Waals surface area contributed by atoms with Gasteiger partial charge in [-0.3, -0.25) is 9.35 Å². The molecule has 0 saturated carbocycles. The average Bonchev–Trinajstić information content (AvgIpc) is 2.85. The summed E-state index contributed by atoms with van der Waals surface area (Å²) in [4.78, 5) is 40.4. The molecule has 2 saturated heterocycles. The number of fused-ring (bicyclic) bond motifs is 2.